The van der Waals surface area contributed by atoms with Crippen molar-refractivity contribution in [2.75, 3.05) is 16.3 Å². The van der Waals surface area contributed by atoms with Crippen molar-refractivity contribution in [1.29, 1.82) is 5.26 Å². The normalized spacial score (nSPS) is 15.2. The first-order valence-corrected chi connectivity index (χ1v) is 10.3. The highest BCUT2D eigenvalue weighted by atomic mass is 32.1. The van der Waals surface area contributed by atoms with Crippen LogP contribution in [0, 0.1) is 24.1 Å². The fourth-order valence-electron chi connectivity index (χ4n) is 3.53. The number of amides is 2. The maximum Gasteiger partial charge on any atom is 0.259 e. The molecule has 1 heterocycles. The minimum absolute atomic E-state index is 0.0639. The summed E-state index contributed by atoms with van der Waals surface area (Å²) in [7, 11) is 0. The number of carbonyl (C=O) groups excluding carboxylic acids is 2. The molecule has 31 heavy (non-hydrogen) atoms. The van der Waals surface area contributed by atoms with E-state index in [2.05, 4.69) is 11.4 Å². The van der Waals surface area contributed by atoms with Crippen molar-refractivity contribution < 1.29 is 14.0 Å². The van der Waals surface area contributed by atoms with Gasteiger partial charge in [-0.2, -0.15) is 5.26 Å². The first kappa shape index (κ1) is 22.4. The summed E-state index contributed by atoms with van der Waals surface area (Å²) < 4.78 is 14.8. The third-order valence-electron chi connectivity index (χ3n) is 5.25. The van der Waals surface area contributed by atoms with Gasteiger partial charge in [-0.05, 0) is 81.4 Å². The van der Waals surface area contributed by atoms with E-state index in [0.29, 0.717) is 23.5 Å². The Morgan fingerprint density at radius 1 is 1.23 bits per heavy atom. The van der Waals surface area contributed by atoms with E-state index in [1.165, 1.54) is 17.0 Å². The minimum atomic E-state index is -1.07. The lowest BCUT2D eigenvalue weighted by Crippen LogP contribution is -2.44. The lowest BCUT2D eigenvalue weighted by Gasteiger charge is -2.29. The van der Waals surface area contributed by atoms with E-state index in [-0.39, 0.29) is 16.6 Å². The van der Waals surface area contributed by atoms with Gasteiger partial charge in [0, 0.05) is 12.2 Å². The van der Waals surface area contributed by atoms with Crippen LogP contribution in [0.1, 0.15) is 48.7 Å². The highest BCUT2D eigenvalue weighted by Crippen LogP contribution is 2.37. The molecule has 2 amide bonds. The van der Waals surface area contributed by atoms with Crippen molar-refractivity contribution in [2.45, 2.75) is 39.7 Å². The third kappa shape index (κ3) is 3.89. The topological polar surface area (TPSA) is 76.4 Å². The monoisotopic (exact) mass is 438 g/mol. The molecule has 0 unspecified atom stereocenters. The van der Waals surface area contributed by atoms with Crippen LogP contribution in [-0.2, 0) is 4.79 Å². The molecule has 1 aliphatic heterocycles. The predicted octanol–water partition coefficient (Wildman–Crippen LogP) is 4.06. The van der Waals surface area contributed by atoms with E-state index >= 15 is 0 Å². The molecular weight excluding hydrogens is 415 g/mol. The number of hydrogen-bond donors (Lipinski definition) is 1. The zero-order valence-electron chi connectivity index (χ0n) is 17.8. The quantitative estimate of drug-likeness (QED) is 0.713. The standard InChI is InChI=1S/C23H23FN4O2S/c1-5-10-26-20(29)18-9-8-17(12-19(18)24)28-22(31)27(21(30)23(28,3)4)16-7-6-15(13-25)14(2)11-16/h6-9,11-12H,5,10H2,1-4H3,(H,26,29). The predicted molar refractivity (Wildman–Crippen MR) is 122 cm³/mol. The number of nitrogens with zero attached hydrogens (tertiary/aromatic N) is 3. The lowest BCUT2D eigenvalue weighted by molar-refractivity contribution is -0.120. The van der Waals surface area contributed by atoms with Gasteiger partial charge in [-0.25, -0.2) is 4.39 Å². The van der Waals surface area contributed by atoms with E-state index in [9.17, 15) is 14.0 Å². The second-order valence-corrected chi connectivity index (χ2v) is 8.21. The van der Waals surface area contributed by atoms with E-state index < -0.39 is 17.3 Å². The van der Waals surface area contributed by atoms with Gasteiger partial charge in [-0.3, -0.25) is 14.5 Å². The van der Waals surface area contributed by atoms with Gasteiger partial charge < -0.3 is 10.2 Å². The largest absolute Gasteiger partial charge is 0.352 e. The van der Waals surface area contributed by atoms with Crippen molar-refractivity contribution in [3.8, 4) is 6.07 Å². The van der Waals surface area contributed by atoms with Gasteiger partial charge in [0.1, 0.15) is 11.4 Å². The Balaban J connectivity index is 1.99. The molecule has 0 radical (unpaired) electrons. The molecule has 2 aromatic rings. The summed E-state index contributed by atoms with van der Waals surface area (Å²) in [5, 5.41) is 12.0. The molecule has 0 bridgehead atoms. The van der Waals surface area contributed by atoms with Crippen LogP contribution in [0.5, 0.6) is 0 Å². The van der Waals surface area contributed by atoms with Crippen LogP contribution in [0.25, 0.3) is 0 Å². The van der Waals surface area contributed by atoms with Crippen molar-refractivity contribution in [2.24, 2.45) is 0 Å². The third-order valence-corrected chi connectivity index (χ3v) is 5.61. The highest BCUT2D eigenvalue weighted by molar-refractivity contribution is 7.81. The number of thiocarbonyl (C=S) groups is 1. The molecule has 6 nitrogen and oxygen atoms in total. The van der Waals surface area contributed by atoms with Gasteiger partial charge in [0.25, 0.3) is 11.8 Å². The molecule has 2 aromatic carbocycles. The molecule has 1 fully saturated rings. The Bertz CT molecular complexity index is 1120. The molecule has 1 aliphatic rings. The molecule has 0 aromatic heterocycles. The number of nitriles is 1. The van der Waals surface area contributed by atoms with Crippen LogP contribution in [0.15, 0.2) is 36.4 Å². The van der Waals surface area contributed by atoms with Crippen molar-refractivity contribution >= 4 is 40.5 Å². The smallest absolute Gasteiger partial charge is 0.259 e. The Hall–Kier alpha value is -3.31. The first-order valence-electron chi connectivity index (χ1n) is 9.90. The fourth-order valence-corrected chi connectivity index (χ4v) is 4.05. The number of hydrogen-bond acceptors (Lipinski definition) is 4. The van der Waals surface area contributed by atoms with Crippen LogP contribution < -0.4 is 15.1 Å². The van der Waals surface area contributed by atoms with Gasteiger partial charge in [-0.1, -0.05) is 6.92 Å². The summed E-state index contributed by atoms with van der Waals surface area (Å²) in [6, 6.07) is 11.3. The number of aryl methyl sites for hydroxylation is 1. The van der Waals surface area contributed by atoms with Crippen molar-refractivity contribution in [1.82, 2.24) is 5.32 Å². The van der Waals surface area contributed by atoms with Crippen LogP contribution in [0.2, 0.25) is 0 Å². The van der Waals surface area contributed by atoms with Gasteiger partial charge in [-0.15, -0.1) is 0 Å². The Kier molecular flexibility index (Phi) is 6.09. The summed E-state index contributed by atoms with van der Waals surface area (Å²) in [6.45, 7) is 7.56. The Morgan fingerprint density at radius 3 is 2.48 bits per heavy atom. The van der Waals surface area contributed by atoms with E-state index in [0.717, 1.165) is 12.0 Å². The SMILES string of the molecule is CCCNC(=O)c1ccc(N2C(=S)N(c3ccc(C#N)c(C)c3)C(=O)C2(C)C)cc1F. The summed E-state index contributed by atoms with van der Waals surface area (Å²) in [6.07, 6.45) is 0.744. The van der Waals surface area contributed by atoms with E-state index in [4.69, 9.17) is 17.5 Å². The van der Waals surface area contributed by atoms with E-state index in [1.54, 1.807) is 49.9 Å². The molecule has 8 heteroatoms. The van der Waals surface area contributed by atoms with Crippen LogP contribution in [0.3, 0.4) is 0 Å². The van der Waals surface area contributed by atoms with Gasteiger partial charge in [0.2, 0.25) is 0 Å². The molecule has 1 N–H and O–H groups in total. The number of anilines is 2. The number of rotatable bonds is 5. The minimum Gasteiger partial charge on any atom is -0.352 e. The van der Waals surface area contributed by atoms with Gasteiger partial charge in [0.05, 0.1) is 22.9 Å². The van der Waals surface area contributed by atoms with E-state index in [1.807, 2.05) is 6.92 Å². The average Bonchev–Trinajstić information content (AvgIpc) is 2.90. The second-order valence-electron chi connectivity index (χ2n) is 7.85. The molecule has 0 atom stereocenters. The summed E-state index contributed by atoms with van der Waals surface area (Å²) in [4.78, 5) is 28.4. The number of carbonyl (C=O) groups is 2. The zero-order chi connectivity index (χ0) is 22.9. The molecule has 0 spiro atoms. The molecule has 0 saturated carbocycles. The molecule has 3 rings (SSSR count). The number of halogens is 1. The maximum atomic E-state index is 14.8. The Labute approximate surface area is 186 Å². The van der Waals surface area contributed by atoms with Crippen LogP contribution in [-0.4, -0.2) is 29.0 Å². The number of nitrogens with one attached hydrogen (secondary N) is 1. The van der Waals surface area contributed by atoms with Crippen molar-refractivity contribution in [3.05, 3.63) is 58.9 Å². The van der Waals surface area contributed by atoms with Gasteiger partial charge in [0.15, 0.2) is 5.11 Å². The van der Waals surface area contributed by atoms with Crippen LogP contribution >= 0.6 is 12.2 Å². The zero-order valence-corrected chi connectivity index (χ0v) is 18.6. The average molecular weight is 439 g/mol. The highest BCUT2D eigenvalue weighted by Gasteiger charge is 2.50. The second kappa shape index (κ2) is 8.44. The Morgan fingerprint density at radius 2 is 1.90 bits per heavy atom. The fraction of sp³-hybridized carbons (Fsp3) is 0.304. The molecular formula is C23H23FN4O2S. The summed E-state index contributed by atoms with van der Waals surface area (Å²) in [5.41, 5.74) is 1.01. The lowest BCUT2D eigenvalue weighted by atomic mass is 10.0. The van der Waals surface area contributed by atoms with Crippen LogP contribution in [0.4, 0.5) is 15.8 Å². The summed E-state index contributed by atoms with van der Waals surface area (Å²) in [5.74, 6) is -1.45. The van der Waals surface area contributed by atoms with Crippen molar-refractivity contribution in [3.63, 3.8) is 0 Å². The number of benzene rings is 2. The molecule has 160 valence electrons. The first-order chi connectivity index (χ1) is 14.6. The summed E-state index contributed by atoms with van der Waals surface area (Å²) >= 11 is 5.61. The molecule has 0 aliphatic carbocycles. The molecule has 1 saturated heterocycles. The van der Waals surface area contributed by atoms with Gasteiger partial charge >= 0.3 is 0 Å². The maximum absolute atomic E-state index is 14.8.